The van der Waals surface area contributed by atoms with Crippen LogP contribution in [0, 0.1) is 6.92 Å². The molecule has 0 atom stereocenters. The number of aliphatic hydroxyl groups is 1. The molecule has 18 heavy (non-hydrogen) atoms. The van der Waals surface area contributed by atoms with Crippen molar-refractivity contribution in [2.24, 2.45) is 10.2 Å². The van der Waals surface area contributed by atoms with Crippen molar-refractivity contribution in [3.05, 3.63) is 28.8 Å². The number of rotatable bonds is 4. The molecule has 1 rings (SSSR count). The smallest absolute Gasteiger partial charge is 0.164 e. The summed E-state index contributed by atoms with van der Waals surface area (Å²) in [5, 5.41) is 23.7. The van der Waals surface area contributed by atoms with Crippen molar-refractivity contribution in [3.8, 4) is 0 Å². The number of carbonyl (C=O) groups is 1. The van der Waals surface area contributed by atoms with Crippen LogP contribution in [-0.4, -0.2) is 33.0 Å². The molecule has 0 unspecified atom stereocenters. The molecule has 0 fully saturated rings. The molecule has 0 aromatic carbocycles. The Labute approximate surface area is 105 Å². The van der Waals surface area contributed by atoms with E-state index in [1.165, 1.54) is 20.1 Å². The summed E-state index contributed by atoms with van der Waals surface area (Å²) in [6.45, 7) is 6.46. The summed E-state index contributed by atoms with van der Waals surface area (Å²) in [6.07, 6.45) is 2.90. The predicted molar refractivity (Wildman–Crippen MR) is 70.0 cm³/mol. The van der Waals surface area contributed by atoms with Gasteiger partial charge < -0.3 is 5.11 Å². The number of allylic oxidation sites excluding steroid dienone is 2. The van der Waals surface area contributed by atoms with Gasteiger partial charge in [0.05, 0.1) is 23.7 Å². The Morgan fingerprint density at radius 3 is 2.56 bits per heavy atom. The summed E-state index contributed by atoms with van der Waals surface area (Å²) >= 11 is 0. The molecule has 6 heteroatoms. The predicted octanol–water partition coefficient (Wildman–Crippen LogP) is 1.93. The Bertz CT molecular complexity index is 534. The normalized spacial score (nSPS) is 13.9. The lowest BCUT2D eigenvalue weighted by Gasteiger charge is -1.97. The van der Waals surface area contributed by atoms with E-state index in [1.54, 1.807) is 13.1 Å². The summed E-state index contributed by atoms with van der Waals surface area (Å²) < 4.78 is 0. The number of aromatic amines is 1. The monoisotopic (exact) mass is 248 g/mol. The van der Waals surface area contributed by atoms with Crippen molar-refractivity contribution in [2.45, 2.75) is 27.7 Å². The first-order valence-electron chi connectivity index (χ1n) is 5.42. The summed E-state index contributed by atoms with van der Waals surface area (Å²) in [6, 6.07) is 0. The van der Waals surface area contributed by atoms with Gasteiger partial charge in [-0.25, -0.2) is 0 Å². The number of Topliss-reactive ketones (excluding diaryl/α,β-unsaturated/α-hetero) is 1. The van der Waals surface area contributed by atoms with E-state index >= 15 is 0 Å². The number of nitrogens with zero attached hydrogens (tertiary/aromatic N) is 3. The molecule has 0 aliphatic heterocycles. The van der Waals surface area contributed by atoms with Gasteiger partial charge in [-0.3, -0.25) is 9.89 Å². The van der Waals surface area contributed by atoms with E-state index in [9.17, 15) is 9.90 Å². The van der Waals surface area contributed by atoms with Crippen LogP contribution in [0.25, 0.3) is 0 Å². The maximum atomic E-state index is 11.2. The van der Waals surface area contributed by atoms with Gasteiger partial charge in [-0.2, -0.15) is 15.3 Å². The minimum absolute atomic E-state index is 0.0707. The molecule has 1 heterocycles. The zero-order valence-corrected chi connectivity index (χ0v) is 10.9. The lowest BCUT2D eigenvalue weighted by atomic mass is 10.2. The number of aliphatic hydroxyl groups excluding tert-OH is 1. The van der Waals surface area contributed by atoms with Crippen LogP contribution in [0.5, 0.6) is 0 Å². The van der Waals surface area contributed by atoms with Crippen molar-refractivity contribution in [1.29, 1.82) is 0 Å². The van der Waals surface area contributed by atoms with Crippen LogP contribution in [0.15, 0.2) is 27.7 Å². The molecule has 0 saturated heterocycles. The van der Waals surface area contributed by atoms with Crippen molar-refractivity contribution < 1.29 is 9.90 Å². The molecule has 0 spiro atoms. The Balaban J connectivity index is 2.90. The molecule has 0 radical (unpaired) electrons. The fourth-order valence-corrected chi connectivity index (χ4v) is 1.38. The molecular formula is C12H16N4O2. The number of carbonyl (C=O) groups excluding carboxylic acids is 1. The number of aromatic nitrogens is 2. The first-order chi connectivity index (χ1) is 8.43. The Morgan fingerprint density at radius 1 is 1.44 bits per heavy atom. The highest BCUT2D eigenvalue weighted by Gasteiger charge is 2.05. The first kappa shape index (κ1) is 13.8. The van der Waals surface area contributed by atoms with E-state index in [-0.39, 0.29) is 17.1 Å². The number of ketones is 1. The molecule has 1 aromatic heterocycles. The molecule has 0 saturated carbocycles. The molecule has 6 nitrogen and oxygen atoms in total. The molecule has 96 valence electrons. The van der Waals surface area contributed by atoms with Crippen LogP contribution < -0.4 is 0 Å². The van der Waals surface area contributed by atoms with E-state index in [1.807, 2.05) is 6.92 Å². The summed E-state index contributed by atoms with van der Waals surface area (Å²) in [4.78, 5) is 11.2. The fraction of sp³-hybridized carbons (Fsp3) is 0.333. The highest BCUT2D eigenvalue weighted by molar-refractivity contribution is 6.12. The van der Waals surface area contributed by atoms with Gasteiger partial charge in [-0.05, 0) is 27.7 Å². The average Bonchev–Trinajstić information content (AvgIpc) is 2.69. The lowest BCUT2D eigenvalue weighted by molar-refractivity contribution is -0.113. The van der Waals surface area contributed by atoms with Crippen LogP contribution in [-0.2, 0) is 4.79 Å². The van der Waals surface area contributed by atoms with Crippen LogP contribution in [0.3, 0.4) is 0 Å². The maximum absolute atomic E-state index is 11.2. The minimum atomic E-state index is -0.258. The van der Waals surface area contributed by atoms with E-state index in [2.05, 4.69) is 20.4 Å². The third-order valence-corrected chi connectivity index (χ3v) is 2.38. The van der Waals surface area contributed by atoms with E-state index < -0.39 is 0 Å². The van der Waals surface area contributed by atoms with Crippen molar-refractivity contribution >= 4 is 17.7 Å². The van der Waals surface area contributed by atoms with Gasteiger partial charge in [0.15, 0.2) is 5.78 Å². The van der Waals surface area contributed by atoms with Gasteiger partial charge >= 0.3 is 0 Å². The van der Waals surface area contributed by atoms with Gasteiger partial charge in [0.1, 0.15) is 5.76 Å². The zero-order chi connectivity index (χ0) is 13.7. The largest absolute Gasteiger partial charge is 0.512 e. The minimum Gasteiger partial charge on any atom is -0.512 e. The summed E-state index contributed by atoms with van der Waals surface area (Å²) in [7, 11) is 0. The van der Waals surface area contributed by atoms with Crippen molar-refractivity contribution in [2.75, 3.05) is 0 Å². The number of H-pyrrole nitrogens is 1. The van der Waals surface area contributed by atoms with E-state index in [0.29, 0.717) is 5.71 Å². The quantitative estimate of drug-likeness (QED) is 0.369. The third kappa shape index (κ3) is 3.38. The molecule has 0 aliphatic carbocycles. The van der Waals surface area contributed by atoms with Gasteiger partial charge in [-0.15, -0.1) is 0 Å². The average molecular weight is 248 g/mol. The SMILES string of the molecule is CC(=O)C(/C=N\N=C(/C)c1cn[nH]c1C)=C(/C)O. The highest BCUT2D eigenvalue weighted by atomic mass is 16.3. The van der Waals surface area contributed by atoms with Gasteiger partial charge in [0.25, 0.3) is 0 Å². The standard InChI is InChI=1S/C12H16N4O2/c1-7-11(5-13-15-7)8(2)16-14-6-12(9(3)17)10(4)18/h5-6,17H,1-4H3,(H,13,15)/b12-9-,14-6-,16-8+. The van der Waals surface area contributed by atoms with Crippen molar-refractivity contribution in [1.82, 2.24) is 10.2 Å². The molecule has 1 aromatic rings. The highest BCUT2D eigenvalue weighted by Crippen LogP contribution is 2.05. The van der Waals surface area contributed by atoms with Gasteiger partial charge in [0, 0.05) is 11.3 Å². The lowest BCUT2D eigenvalue weighted by Crippen LogP contribution is -2.01. The van der Waals surface area contributed by atoms with Crippen LogP contribution in [0.2, 0.25) is 0 Å². The molecule has 0 amide bonds. The Morgan fingerprint density at radius 2 is 2.11 bits per heavy atom. The second-order valence-corrected chi connectivity index (χ2v) is 3.89. The molecule has 0 bridgehead atoms. The Hall–Kier alpha value is -2.24. The zero-order valence-electron chi connectivity index (χ0n) is 10.9. The van der Waals surface area contributed by atoms with Crippen LogP contribution >= 0.6 is 0 Å². The summed E-state index contributed by atoms with van der Waals surface area (Å²) in [5.74, 6) is -0.329. The van der Waals surface area contributed by atoms with Crippen molar-refractivity contribution in [3.63, 3.8) is 0 Å². The second kappa shape index (κ2) is 5.90. The Kier molecular flexibility index (Phi) is 4.53. The number of hydrogen-bond donors (Lipinski definition) is 2. The van der Waals surface area contributed by atoms with Crippen LogP contribution in [0.1, 0.15) is 32.0 Å². The fourth-order valence-electron chi connectivity index (χ4n) is 1.38. The van der Waals surface area contributed by atoms with E-state index in [0.717, 1.165) is 11.3 Å². The summed E-state index contributed by atoms with van der Waals surface area (Å²) in [5.41, 5.74) is 2.58. The molecular weight excluding hydrogens is 232 g/mol. The van der Waals surface area contributed by atoms with Gasteiger partial charge in [-0.1, -0.05) is 0 Å². The number of nitrogens with one attached hydrogen (secondary N) is 1. The number of hydrogen-bond acceptors (Lipinski definition) is 5. The molecule has 2 N–H and O–H groups in total. The second-order valence-electron chi connectivity index (χ2n) is 3.89. The third-order valence-electron chi connectivity index (χ3n) is 2.38. The molecule has 0 aliphatic rings. The first-order valence-corrected chi connectivity index (χ1v) is 5.42. The van der Waals surface area contributed by atoms with Crippen LogP contribution in [0.4, 0.5) is 0 Å². The topological polar surface area (TPSA) is 90.7 Å². The van der Waals surface area contributed by atoms with Gasteiger partial charge in [0.2, 0.25) is 0 Å². The maximum Gasteiger partial charge on any atom is 0.164 e. The van der Waals surface area contributed by atoms with E-state index in [4.69, 9.17) is 0 Å². The number of aryl methyl sites for hydroxylation is 1.